The van der Waals surface area contributed by atoms with Crippen molar-refractivity contribution in [1.82, 2.24) is 15.0 Å². The van der Waals surface area contributed by atoms with Crippen molar-refractivity contribution in [2.24, 2.45) is 0 Å². The molecule has 1 aliphatic heterocycles. The first-order valence-electron chi connectivity index (χ1n) is 11.3. The number of fused-ring (bicyclic) bond motifs is 1. The van der Waals surface area contributed by atoms with Gasteiger partial charge in [-0.1, -0.05) is 0 Å². The Hall–Kier alpha value is -3.82. The predicted octanol–water partition coefficient (Wildman–Crippen LogP) is 3.80. The lowest BCUT2D eigenvalue weighted by Gasteiger charge is -2.25. The van der Waals surface area contributed by atoms with Crippen LogP contribution in [0.5, 0.6) is 17.4 Å². The second-order valence-corrected chi connectivity index (χ2v) is 8.36. The highest BCUT2D eigenvalue weighted by Gasteiger charge is 2.28. The van der Waals surface area contributed by atoms with Crippen molar-refractivity contribution in [3.8, 4) is 17.4 Å². The highest BCUT2D eigenvalue weighted by atomic mass is 16.6. The molecule has 10 nitrogen and oxygen atoms in total. The van der Waals surface area contributed by atoms with E-state index in [0.717, 1.165) is 29.6 Å². The molecule has 2 aliphatic rings. The lowest BCUT2D eigenvalue weighted by Crippen LogP contribution is -2.27. The summed E-state index contributed by atoms with van der Waals surface area (Å²) in [4.78, 5) is 27.6. The second kappa shape index (κ2) is 9.58. The van der Waals surface area contributed by atoms with Crippen LogP contribution in [0.2, 0.25) is 0 Å². The van der Waals surface area contributed by atoms with Crippen LogP contribution >= 0.6 is 0 Å². The Bertz CT molecular complexity index is 1170. The van der Waals surface area contributed by atoms with Gasteiger partial charge in [0.05, 0.1) is 38.2 Å². The molecule has 3 heterocycles. The zero-order chi connectivity index (χ0) is 23.5. The van der Waals surface area contributed by atoms with Crippen LogP contribution in [0.3, 0.4) is 0 Å². The lowest BCUT2D eigenvalue weighted by molar-refractivity contribution is 0.114. The van der Waals surface area contributed by atoms with Crippen molar-refractivity contribution in [2.45, 2.75) is 37.9 Å². The van der Waals surface area contributed by atoms with Crippen LogP contribution in [0.25, 0.3) is 10.9 Å². The van der Waals surface area contributed by atoms with Crippen LogP contribution in [-0.4, -0.2) is 60.6 Å². The van der Waals surface area contributed by atoms with Crippen molar-refractivity contribution in [3.05, 3.63) is 36.8 Å². The van der Waals surface area contributed by atoms with Gasteiger partial charge in [0.1, 0.15) is 24.4 Å². The number of rotatable bonds is 7. The number of amides is 1. The van der Waals surface area contributed by atoms with Crippen LogP contribution in [0.4, 0.5) is 16.3 Å². The highest BCUT2D eigenvalue weighted by molar-refractivity contribution is 5.92. The summed E-state index contributed by atoms with van der Waals surface area (Å²) in [6.07, 6.45) is 6.61. The fraction of sp³-hybridized carbons (Fsp3) is 0.417. The van der Waals surface area contributed by atoms with Gasteiger partial charge < -0.3 is 23.8 Å². The van der Waals surface area contributed by atoms with Crippen LogP contribution in [0, 0.1) is 0 Å². The molecule has 1 aliphatic carbocycles. The van der Waals surface area contributed by atoms with E-state index in [1.807, 2.05) is 12.1 Å². The first-order chi connectivity index (χ1) is 16.6. The Morgan fingerprint density at radius 3 is 2.56 bits per heavy atom. The third-order valence-corrected chi connectivity index (χ3v) is 6.16. The molecule has 1 amide bonds. The molecule has 1 saturated carbocycles. The van der Waals surface area contributed by atoms with E-state index in [4.69, 9.17) is 18.9 Å². The topological polar surface area (TPSA) is 108 Å². The van der Waals surface area contributed by atoms with E-state index in [9.17, 15) is 4.79 Å². The predicted molar refractivity (Wildman–Crippen MR) is 126 cm³/mol. The van der Waals surface area contributed by atoms with Gasteiger partial charge in [0.25, 0.3) is 0 Å². The van der Waals surface area contributed by atoms with Crippen molar-refractivity contribution >= 4 is 28.5 Å². The molecular weight excluding hydrogens is 438 g/mol. The maximum absolute atomic E-state index is 12.4. The molecule has 3 aromatic rings. The van der Waals surface area contributed by atoms with Crippen LogP contribution in [0.1, 0.15) is 25.7 Å². The maximum atomic E-state index is 12.4. The monoisotopic (exact) mass is 465 g/mol. The number of nitrogens with zero attached hydrogens (tertiary/aromatic N) is 4. The van der Waals surface area contributed by atoms with E-state index in [-0.39, 0.29) is 12.2 Å². The number of methoxy groups -OCH3 is 2. The number of carbonyl (C=O) groups is 1. The first-order valence-corrected chi connectivity index (χ1v) is 11.3. The van der Waals surface area contributed by atoms with Gasteiger partial charge in [-0.25, -0.2) is 19.7 Å². The minimum Gasteiger partial charge on any atom is -0.493 e. The van der Waals surface area contributed by atoms with Gasteiger partial charge in [0.15, 0.2) is 11.5 Å². The Balaban J connectivity index is 1.20. The number of ether oxygens (including phenoxy) is 4. The fourth-order valence-electron chi connectivity index (χ4n) is 4.12. The van der Waals surface area contributed by atoms with Gasteiger partial charge in [-0.05, 0) is 31.4 Å². The molecule has 2 fully saturated rings. The van der Waals surface area contributed by atoms with Crippen LogP contribution in [0.15, 0.2) is 36.8 Å². The summed E-state index contributed by atoms with van der Waals surface area (Å²) in [6.45, 7) is 1.23. The van der Waals surface area contributed by atoms with E-state index in [2.05, 4.69) is 25.2 Å². The van der Waals surface area contributed by atoms with E-state index >= 15 is 0 Å². The molecule has 2 aromatic heterocycles. The van der Waals surface area contributed by atoms with E-state index in [1.165, 1.54) is 12.7 Å². The zero-order valence-corrected chi connectivity index (χ0v) is 19.2. The smallest absolute Gasteiger partial charge is 0.412 e. The normalized spacial score (nSPS) is 17.8. The Morgan fingerprint density at radius 1 is 1.03 bits per heavy atom. The third-order valence-electron chi connectivity index (χ3n) is 6.16. The summed E-state index contributed by atoms with van der Waals surface area (Å²) in [5, 5.41) is 3.58. The largest absolute Gasteiger partial charge is 0.493 e. The summed E-state index contributed by atoms with van der Waals surface area (Å²) in [5.74, 6) is 2.55. The van der Waals surface area contributed by atoms with Gasteiger partial charge in [-0.2, -0.15) is 0 Å². The summed E-state index contributed by atoms with van der Waals surface area (Å²) in [5.41, 5.74) is 1.31. The second-order valence-electron chi connectivity index (χ2n) is 8.36. The van der Waals surface area contributed by atoms with E-state index < -0.39 is 6.09 Å². The SMILES string of the molecule is COc1cc2ncnc(N3CCC(OC(=O)Nc4ccc(OC5CCC5)nc4)C3)c2cc1OC. The Morgan fingerprint density at radius 2 is 1.85 bits per heavy atom. The molecule has 0 radical (unpaired) electrons. The number of pyridine rings is 1. The fourth-order valence-corrected chi connectivity index (χ4v) is 4.12. The van der Waals surface area contributed by atoms with Crippen molar-refractivity contribution in [1.29, 1.82) is 0 Å². The number of hydrogen-bond donors (Lipinski definition) is 1. The highest BCUT2D eigenvalue weighted by Crippen LogP contribution is 2.35. The van der Waals surface area contributed by atoms with Crippen molar-refractivity contribution in [2.75, 3.05) is 37.5 Å². The van der Waals surface area contributed by atoms with Gasteiger partial charge in [-0.3, -0.25) is 5.32 Å². The van der Waals surface area contributed by atoms with Crippen molar-refractivity contribution in [3.63, 3.8) is 0 Å². The molecule has 1 N–H and O–H groups in total. The number of aromatic nitrogens is 3. The number of hydrogen-bond acceptors (Lipinski definition) is 9. The Kier molecular flexibility index (Phi) is 6.20. The number of carbonyl (C=O) groups excluding carboxylic acids is 1. The van der Waals surface area contributed by atoms with E-state index in [1.54, 1.807) is 32.5 Å². The molecule has 34 heavy (non-hydrogen) atoms. The standard InChI is InChI=1S/C24H27N5O5/c1-31-20-10-18-19(11-21(20)32-2)26-14-27-23(18)29-9-8-17(13-29)34-24(30)28-15-6-7-22(25-12-15)33-16-4-3-5-16/h6-7,10-12,14,16-17H,3-5,8-9,13H2,1-2H3,(H,28,30). The molecule has 1 saturated heterocycles. The average Bonchev–Trinajstić information content (AvgIpc) is 3.29. The summed E-state index contributed by atoms with van der Waals surface area (Å²) in [6, 6.07) is 7.22. The number of anilines is 2. The van der Waals surface area contributed by atoms with Gasteiger partial charge in [-0.15, -0.1) is 0 Å². The minimum absolute atomic E-state index is 0.261. The van der Waals surface area contributed by atoms with Gasteiger partial charge in [0.2, 0.25) is 5.88 Å². The Labute approximate surface area is 197 Å². The zero-order valence-electron chi connectivity index (χ0n) is 19.2. The molecule has 10 heteroatoms. The molecule has 1 unspecified atom stereocenters. The molecule has 0 bridgehead atoms. The lowest BCUT2D eigenvalue weighted by atomic mass is 9.96. The molecule has 5 rings (SSSR count). The average molecular weight is 466 g/mol. The summed E-state index contributed by atoms with van der Waals surface area (Å²) < 4.78 is 22.2. The molecule has 1 atom stereocenters. The quantitative estimate of drug-likeness (QED) is 0.557. The maximum Gasteiger partial charge on any atom is 0.412 e. The molecule has 178 valence electrons. The number of nitrogens with one attached hydrogen (secondary N) is 1. The molecule has 0 spiro atoms. The molecular formula is C24H27N5O5. The van der Waals surface area contributed by atoms with Crippen LogP contribution < -0.4 is 24.4 Å². The van der Waals surface area contributed by atoms with Crippen molar-refractivity contribution < 1.29 is 23.7 Å². The van der Waals surface area contributed by atoms with Gasteiger partial charge in [0, 0.05) is 30.5 Å². The third kappa shape index (κ3) is 4.61. The molecule has 1 aromatic carbocycles. The summed E-state index contributed by atoms with van der Waals surface area (Å²) >= 11 is 0. The summed E-state index contributed by atoms with van der Waals surface area (Å²) in [7, 11) is 3.18. The number of benzene rings is 1. The van der Waals surface area contributed by atoms with E-state index in [0.29, 0.717) is 42.6 Å². The van der Waals surface area contributed by atoms with Crippen LogP contribution in [-0.2, 0) is 4.74 Å². The minimum atomic E-state index is -0.514. The first kappa shape index (κ1) is 22.0. The van der Waals surface area contributed by atoms with Gasteiger partial charge >= 0.3 is 6.09 Å².